The summed E-state index contributed by atoms with van der Waals surface area (Å²) in [4.78, 5) is 0. The summed E-state index contributed by atoms with van der Waals surface area (Å²) in [6, 6.07) is 0. The number of nitrogens with two attached hydrogens (primary N) is 2. The van der Waals surface area contributed by atoms with Crippen molar-refractivity contribution in [3.05, 3.63) is 0 Å². The van der Waals surface area contributed by atoms with Crippen molar-refractivity contribution in [3.63, 3.8) is 0 Å². The molecule has 0 amide bonds. The molecule has 0 unspecified atom stereocenters. The van der Waals surface area contributed by atoms with Crippen LogP contribution in [0.3, 0.4) is 0 Å². The second kappa shape index (κ2) is 1.75. The standard InChI is InChI=1S/Mo.2H2N.H2S.S/h;3*1H2;/q+3;2*-1;;/p-1. The summed E-state index contributed by atoms with van der Waals surface area (Å²) >= 11 is -2.74. The number of thiol groups is 1. The second-order valence-electron chi connectivity index (χ2n) is 0.614. The summed E-state index contributed by atoms with van der Waals surface area (Å²) in [5, 5.41) is 0. The fourth-order valence-electron chi connectivity index (χ4n) is 0. The molecule has 0 heterocycles. The molecule has 0 fully saturated rings. The van der Waals surface area contributed by atoms with Gasteiger partial charge in [-0.15, -0.1) is 0 Å². The first kappa shape index (κ1) is 6.18. The van der Waals surface area contributed by atoms with E-state index in [0.717, 1.165) is 0 Å². The van der Waals surface area contributed by atoms with Gasteiger partial charge in [-0.2, -0.15) is 0 Å². The molecule has 4 N–H and O–H groups in total. The zero-order valence-corrected chi connectivity index (χ0v) is 6.14. The molecular formula is H5MoN2S2. The van der Waals surface area contributed by atoms with Gasteiger partial charge in [-0.3, -0.25) is 0 Å². The van der Waals surface area contributed by atoms with Crippen molar-refractivity contribution in [3.8, 4) is 0 Å². The average molecular weight is 193 g/mol. The predicted molar refractivity (Wildman–Crippen MR) is 25.0 cm³/mol. The fraction of sp³-hybridized carbons (Fsp3) is 0. The van der Waals surface area contributed by atoms with Crippen LogP contribution in [0.1, 0.15) is 0 Å². The summed E-state index contributed by atoms with van der Waals surface area (Å²) in [5.41, 5.74) is 0. The second-order valence-corrected chi connectivity index (χ2v) is 11.9. The first-order valence-electron chi connectivity index (χ1n) is 0.821. The van der Waals surface area contributed by atoms with Crippen LogP contribution in [0.2, 0.25) is 0 Å². The molecule has 0 rings (SSSR count). The zero-order chi connectivity index (χ0) is 4.50. The molecule has 5 heavy (non-hydrogen) atoms. The van der Waals surface area contributed by atoms with Crippen LogP contribution in [-0.4, -0.2) is 0 Å². The molecule has 5 heteroatoms. The normalized spacial score (nSPS) is 11.8. The van der Waals surface area contributed by atoms with E-state index in [1.807, 2.05) is 0 Å². The maximum atomic E-state index is 5.00. The topological polar surface area (TPSA) is 52.0 Å². The van der Waals surface area contributed by atoms with Crippen LogP contribution in [0, 0.1) is 0 Å². The van der Waals surface area contributed by atoms with Gasteiger partial charge < -0.3 is 0 Å². The quantitative estimate of drug-likeness (QED) is 0.370. The van der Waals surface area contributed by atoms with E-state index in [9.17, 15) is 0 Å². The molecule has 0 aromatic rings. The monoisotopic (exact) mass is 195 g/mol. The molecule has 0 atom stereocenters. The van der Waals surface area contributed by atoms with E-state index in [-0.39, 0.29) is 0 Å². The van der Waals surface area contributed by atoms with Crippen LogP contribution in [-0.2, 0) is 13.5 Å². The number of hydrogen-bond acceptors (Lipinski definition) is 1. The predicted octanol–water partition coefficient (Wildman–Crippen LogP) is -0.155. The molecule has 0 radical (unpaired) electrons. The Bertz CT molecular complexity index is 53.8. The average Bonchev–Trinajstić information content (AvgIpc) is 0.722. The Morgan fingerprint density at radius 1 is 1.60 bits per heavy atom. The van der Waals surface area contributed by atoms with Crippen LogP contribution in [0.15, 0.2) is 0 Å². The molecule has 33 valence electrons. The van der Waals surface area contributed by atoms with E-state index < -0.39 is 13.5 Å². The molecule has 0 aliphatic rings. The molecule has 0 saturated heterocycles. The van der Waals surface area contributed by atoms with Gasteiger partial charge in [-0.1, -0.05) is 0 Å². The molecule has 0 saturated carbocycles. The van der Waals surface area contributed by atoms with Gasteiger partial charge in [0.05, 0.1) is 0 Å². The van der Waals surface area contributed by atoms with Gasteiger partial charge in [0.1, 0.15) is 0 Å². The van der Waals surface area contributed by atoms with Gasteiger partial charge in [0.25, 0.3) is 0 Å². The van der Waals surface area contributed by atoms with Crippen LogP contribution in [0.25, 0.3) is 0 Å². The Morgan fingerprint density at radius 2 is 1.60 bits per heavy atom. The SMILES string of the molecule is [NH2][Mo]([NH2])(=[S])[SH]. The van der Waals surface area contributed by atoms with Crippen molar-refractivity contribution < 1.29 is 13.5 Å². The van der Waals surface area contributed by atoms with E-state index in [0.29, 0.717) is 0 Å². The molecule has 0 aromatic heterocycles. The van der Waals surface area contributed by atoms with Crippen LogP contribution in [0.5, 0.6) is 0 Å². The number of hydrogen-bond donors (Lipinski definition) is 3. The molecule has 0 spiro atoms. The van der Waals surface area contributed by atoms with E-state index in [1.165, 1.54) is 0 Å². The van der Waals surface area contributed by atoms with Crippen molar-refractivity contribution in [2.24, 2.45) is 8.58 Å². The third kappa shape index (κ3) is 37.7. The van der Waals surface area contributed by atoms with Gasteiger partial charge in [0.15, 0.2) is 0 Å². The minimum absolute atomic E-state index is 2.74. The van der Waals surface area contributed by atoms with Gasteiger partial charge in [-0.25, -0.2) is 0 Å². The molecule has 0 aliphatic heterocycles. The van der Waals surface area contributed by atoms with Gasteiger partial charge >= 0.3 is 42.2 Å². The van der Waals surface area contributed by atoms with Crippen molar-refractivity contribution in [1.29, 1.82) is 0 Å². The summed E-state index contributed by atoms with van der Waals surface area (Å²) < 4.78 is 10.0. The maximum absolute atomic E-state index is 5.00. The Kier molecular flexibility index (Phi) is 2.17. The van der Waals surface area contributed by atoms with Crippen molar-refractivity contribution in [2.75, 3.05) is 0 Å². The molecule has 0 bridgehead atoms. The summed E-state index contributed by atoms with van der Waals surface area (Å²) in [5.74, 6) is 0. The van der Waals surface area contributed by atoms with Crippen molar-refractivity contribution in [2.45, 2.75) is 0 Å². The van der Waals surface area contributed by atoms with E-state index in [1.54, 1.807) is 0 Å². The summed E-state index contributed by atoms with van der Waals surface area (Å²) in [6.45, 7) is 0. The third-order valence-electron chi connectivity index (χ3n) is 0. The first-order valence-corrected chi connectivity index (χ1v) is 8.99. The zero-order valence-electron chi connectivity index (χ0n) is 2.42. The number of rotatable bonds is 0. The summed E-state index contributed by atoms with van der Waals surface area (Å²) in [7, 11) is 8.12. The van der Waals surface area contributed by atoms with Crippen molar-refractivity contribution >= 4 is 20.2 Å². The molecular weight excluding hydrogens is 188 g/mol. The minimum atomic E-state index is -2.74. The Balaban J connectivity index is 3.47. The van der Waals surface area contributed by atoms with E-state index in [4.69, 9.17) is 8.58 Å². The van der Waals surface area contributed by atoms with Crippen LogP contribution >= 0.6 is 20.2 Å². The fourth-order valence-corrected chi connectivity index (χ4v) is 0. The van der Waals surface area contributed by atoms with Gasteiger partial charge in [-0.05, 0) is 0 Å². The van der Waals surface area contributed by atoms with Crippen LogP contribution < -0.4 is 8.58 Å². The van der Waals surface area contributed by atoms with Gasteiger partial charge in [0, 0.05) is 0 Å². The van der Waals surface area contributed by atoms with E-state index >= 15 is 0 Å². The first-order chi connectivity index (χ1) is 2.00. The summed E-state index contributed by atoms with van der Waals surface area (Å²) in [6.07, 6.45) is 0. The van der Waals surface area contributed by atoms with Crippen molar-refractivity contribution in [1.82, 2.24) is 0 Å². The van der Waals surface area contributed by atoms with Crippen LogP contribution in [0.4, 0.5) is 0 Å². The molecule has 0 aromatic carbocycles. The Hall–Kier alpha value is 1.18. The Labute approximate surface area is 42.3 Å². The molecule has 0 aliphatic carbocycles. The third-order valence-corrected chi connectivity index (χ3v) is 0. The van der Waals surface area contributed by atoms with E-state index in [2.05, 4.69) is 20.2 Å². The van der Waals surface area contributed by atoms with Gasteiger partial charge in [0.2, 0.25) is 0 Å². The Morgan fingerprint density at radius 3 is 1.60 bits per heavy atom. The molecule has 2 nitrogen and oxygen atoms in total.